The van der Waals surface area contributed by atoms with Crippen LogP contribution in [0.4, 0.5) is 0 Å². The molecule has 0 heterocycles. The van der Waals surface area contributed by atoms with Crippen molar-refractivity contribution in [1.29, 1.82) is 0 Å². The van der Waals surface area contributed by atoms with Gasteiger partial charge in [-0.1, -0.05) is 109 Å². The minimum Gasteiger partial charge on any atom is -0.0843 e. The Morgan fingerprint density at radius 1 is 0.618 bits per heavy atom. The van der Waals surface area contributed by atoms with Crippen LogP contribution in [0.15, 0.2) is 97.1 Å². The Kier molecular flexibility index (Phi) is 5.08. The van der Waals surface area contributed by atoms with E-state index in [1.165, 1.54) is 60.8 Å². The average Bonchev–Trinajstić information content (AvgIpc) is 2.85. The second kappa shape index (κ2) is 8.15. The number of fused-ring (bicyclic) bond motifs is 5. The van der Waals surface area contributed by atoms with Crippen LogP contribution in [0, 0.1) is 13.8 Å². The van der Waals surface area contributed by atoms with Crippen molar-refractivity contribution in [3.05, 3.63) is 130 Å². The molecule has 0 nitrogen and oxygen atoms in total. The maximum atomic E-state index is 6.57. The van der Waals surface area contributed by atoms with Crippen molar-refractivity contribution >= 4 is 22.4 Å². The molecule has 0 bridgehead atoms. The van der Waals surface area contributed by atoms with Crippen LogP contribution in [0.3, 0.4) is 0 Å². The molecule has 0 spiro atoms. The third-order valence-corrected chi connectivity index (χ3v) is 7.71. The summed E-state index contributed by atoms with van der Waals surface area (Å²) in [6, 6.07) is 35.7. The first-order chi connectivity index (χ1) is 16.5. The first kappa shape index (κ1) is 21.2. The summed E-state index contributed by atoms with van der Waals surface area (Å²) >= 11 is 6.57. The minimum atomic E-state index is 0.260. The number of halogens is 1. The van der Waals surface area contributed by atoms with Gasteiger partial charge in [-0.3, -0.25) is 0 Å². The predicted octanol–water partition coefficient (Wildman–Crippen LogP) is 9.69. The molecule has 1 aliphatic rings. The molecule has 1 aliphatic carbocycles. The van der Waals surface area contributed by atoms with E-state index in [9.17, 15) is 0 Å². The molecule has 0 N–H and O–H groups in total. The summed E-state index contributed by atoms with van der Waals surface area (Å²) in [4.78, 5) is 0. The minimum absolute atomic E-state index is 0.260. The van der Waals surface area contributed by atoms with Gasteiger partial charge in [-0.15, -0.1) is 0 Å². The molecule has 0 aliphatic heterocycles. The van der Waals surface area contributed by atoms with Gasteiger partial charge in [-0.2, -0.15) is 0 Å². The fourth-order valence-corrected chi connectivity index (χ4v) is 5.98. The van der Waals surface area contributed by atoms with Gasteiger partial charge in [0.15, 0.2) is 0 Å². The topological polar surface area (TPSA) is 0 Å². The van der Waals surface area contributed by atoms with Crippen LogP contribution in [0.25, 0.3) is 33.0 Å². The summed E-state index contributed by atoms with van der Waals surface area (Å²) in [5, 5.41) is 3.46. The third kappa shape index (κ3) is 3.37. The summed E-state index contributed by atoms with van der Waals surface area (Å²) in [6.45, 7) is 6.67. The standard InChI is InChI=1S/C33H27Cl/c1-20-8-12-23(13-9-20)29-19-31-27-17-16-25(34)18-30(27)32(24-14-10-21(2)11-15-24)22(3)33(31)28-7-5-4-6-26(28)29/h4-19,22,32H,1-3H3. The Morgan fingerprint density at radius 3 is 1.97 bits per heavy atom. The Hall–Kier alpha value is -3.35. The molecule has 0 radical (unpaired) electrons. The van der Waals surface area contributed by atoms with Gasteiger partial charge in [-0.25, -0.2) is 0 Å². The van der Waals surface area contributed by atoms with Gasteiger partial charge in [0.2, 0.25) is 0 Å². The lowest BCUT2D eigenvalue weighted by atomic mass is 9.68. The zero-order valence-electron chi connectivity index (χ0n) is 19.8. The summed E-state index contributed by atoms with van der Waals surface area (Å²) in [6.07, 6.45) is 0. The molecule has 1 heteroatoms. The summed E-state index contributed by atoms with van der Waals surface area (Å²) in [5.74, 6) is 0.580. The van der Waals surface area contributed by atoms with E-state index in [0.29, 0.717) is 5.92 Å². The molecular weight excluding hydrogens is 432 g/mol. The first-order valence-corrected chi connectivity index (χ1v) is 12.4. The zero-order valence-corrected chi connectivity index (χ0v) is 20.5. The molecule has 6 rings (SSSR count). The second-order valence-electron chi connectivity index (χ2n) is 9.71. The largest absolute Gasteiger partial charge is 0.0843 e. The van der Waals surface area contributed by atoms with Gasteiger partial charge in [0.1, 0.15) is 0 Å². The third-order valence-electron chi connectivity index (χ3n) is 7.48. The number of aryl methyl sites for hydroxylation is 2. The Balaban J connectivity index is 1.68. The summed E-state index contributed by atoms with van der Waals surface area (Å²) in [5.41, 5.74) is 11.8. The highest BCUT2D eigenvalue weighted by Gasteiger charge is 2.34. The van der Waals surface area contributed by atoms with E-state index in [4.69, 9.17) is 11.6 Å². The Labute approximate surface area is 206 Å². The summed E-state index contributed by atoms with van der Waals surface area (Å²) < 4.78 is 0. The van der Waals surface area contributed by atoms with Gasteiger partial charge in [0.05, 0.1) is 0 Å². The van der Waals surface area contributed by atoms with Crippen molar-refractivity contribution in [3.8, 4) is 22.3 Å². The maximum absolute atomic E-state index is 6.57. The summed E-state index contributed by atoms with van der Waals surface area (Å²) in [7, 11) is 0. The van der Waals surface area contributed by atoms with E-state index in [1.54, 1.807) is 0 Å². The van der Waals surface area contributed by atoms with Crippen molar-refractivity contribution in [3.63, 3.8) is 0 Å². The van der Waals surface area contributed by atoms with E-state index >= 15 is 0 Å². The molecular formula is C33H27Cl. The highest BCUT2D eigenvalue weighted by Crippen LogP contribution is 2.53. The fraction of sp³-hybridized carbons (Fsp3) is 0.152. The van der Waals surface area contributed by atoms with Crippen molar-refractivity contribution in [2.24, 2.45) is 0 Å². The van der Waals surface area contributed by atoms with Gasteiger partial charge < -0.3 is 0 Å². The lowest BCUT2D eigenvalue weighted by molar-refractivity contribution is 0.654. The van der Waals surface area contributed by atoms with E-state index in [2.05, 4.69) is 112 Å². The molecule has 2 unspecified atom stereocenters. The molecule has 166 valence electrons. The number of benzene rings is 5. The van der Waals surface area contributed by atoms with Crippen LogP contribution in [0.1, 0.15) is 46.6 Å². The zero-order chi connectivity index (χ0) is 23.4. The van der Waals surface area contributed by atoms with Crippen LogP contribution in [-0.2, 0) is 0 Å². The lowest BCUT2D eigenvalue weighted by Crippen LogP contribution is -2.17. The van der Waals surface area contributed by atoms with Crippen LogP contribution in [-0.4, -0.2) is 0 Å². The first-order valence-electron chi connectivity index (χ1n) is 12.0. The van der Waals surface area contributed by atoms with Crippen molar-refractivity contribution in [2.75, 3.05) is 0 Å². The molecule has 0 amide bonds. The number of hydrogen-bond donors (Lipinski definition) is 0. The normalized spacial score (nSPS) is 16.8. The highest BCUT2D eigenvalue weighted by atomic mass is 35.5. The molecule has 0 fully saturated rings. The number of rotatable bonds is 2. The Morgan fingerprint density at radius 2 is 1.26 bits per heavy atom. The molecule has 0 saturated carbocycles. The molecule has 5 aromatic carbocycles. The number of hydrogen-bond acceptors (Lipinski definition) is 0. The molecule has 2 atom stereocenters. The van der Waals surface area contributed by atoms with Crippen LogP contribution in [0.2, 0.25) is 5.02 Å². The molecule has 0 aromatic heterocycles. The monoisotopic (exact) mass is 458 g/mol. The van der Waals surface area contributed by atoms with Gasteiger partial charge in [0.25, 0.3) is 0 Å². The van der Waals surface area contributed by atoms with Gasteiger partial charge >= 0.3 is 0 Å². The van der Waals surface area contributed by atoms with Crippen LogP contribution in [0.5, 0.6) is 0 Å². The van der Waals surface area contributed by atoms with E-state index in [-0.39, 0.29) is 5.92 Å². The maximum Gasteiger partial charge on any atom is 0.0409 e. The van der Waals surface area contributed by atoms with Crippen molar-refractivity contribution in [2.45, 2.75) is 32.6 Å². The van der Waals surface area contributed by atoms with E-state index < -0.39 is 0 Å². The molecule has 34 heavy (non-hydrogen) atoms. The van der Waals surface area contributed by atoms with Crippen LogP contribution >= 0.6 is 11.6 Å². The van der Waals surface area contributed by atoms with Crippen LogP contribution < -0.4 is 0 Å². The van der Waals surface area contributed by atoms with Crippen molar-refractivity contribution < 1.29 is 0 Å². The fourth-order valence-electron chi connectivity index (χ4n) is 5.80. The van der Waals surface area contributed by atoms with Crippen molar-refractivity contribution in [1.82, 2.24) is 0 Å². The molecule has 0 saturated heterocycles. The predicted molar refractivity (Wildman–Crippen MR) is 146 cm³/mol. The van der Waals surface area contributed by atoms with Gasteiger partial charge in [0, 0.05) is 10.9 Å². The van der Waals surface area contributed by atoms with E-state index in [1.807, 2.05) is 6.07 Å². The van der Waals surface area contributed by atoms with E-state index in [0.717, 1.165) is 5.02 Å². The highest BCUT2D eigenvalue weighted by molar-refractivity contribution is 6.30. The smallest absolute Gasteiger partial charge is 0.0409 e. The SMILES string of the molecule is Cc1ccc(-c2cc3c(c4ccccc24)C(C)C(c2ccc(C)cc2)c2cc(Cl)ccc2-3)cc1. The van der Waals surface area contributed by atoms with Gasteiger partial charge in [-0.05, 0) is 87.7 Å². The average molecular weight is 459 g/mol. The quantitative estimate of drug-likeness (QED) is 0.247. The Bertz CT molecular complexity index is 1520. The second-order valence-corrected chi connectivity index (χ2v) is 10.1. The lowest BCUT2D eigenvalue weighted by Gasteiger charge is -2.36. The molecule has 5 aromatic rings.